The van der Waals surface area contributed by atoms with Gasteiger partial charge in [-0.3, -0.25) is 0 Å². The van der Waals surface area contributed by atoms with Gasteiger partial charge in [0.05, 0.1) is 0 Å². The summed E-state index contributed by atoms with van der Waals surface area (Å²) in [4.78, 5) is 0. The molecule has 0 aliphatic heterocycles. The van der Waals surface area contributed by atoms with Crippen molar-refractivity contribution in [1.29, 1.82) is 0 Å². The summed E-state index contributed by atoms with van der Waals surface area (Å²) < 4.78 is 1.98. The fraction of sp³-hybridized carbons (Fsp3) is 0.500. The van der Waals surface area contributed by atoms with Crippen molar-refractivity contribution >= 4 is 4.73 Å². The summed E-state index contributed by atoms with van der Waals surface area (Å²) in [6, 6.07) is 0. The predicted molar refractivity (Wildman–Crippen MR) is 30.0 cm³/mol. The molecule has 0 fully saturated rings. The van der Waals surface area contributed by atoms with E-state index in [0.29, 0.717) is 5.92 Å². The van der Waals surface area contributed by atoms with Gasteiger partial charge < -0.3 is 0 Å². The summed E-state index contributed by atoms with van der Waals surface area (Å²) >= 11 is 2.41. The zero-order valence-corrected chi connectivity index (χ0v) is 6.15. The number of allylic oxidation sites excluding steroid dienone is 2. The molecule has 0 aromatic carbocycles. The van der Waals surface area contributed by atoms with Gasteiger partial charge in [-0.25, -0.2) is 0 Å². The molecule has 0 N–H and O–H groups in total. The SMILES string of the molecule is CC(C)C=C[CH]=[V]. The molecular weight excluding hydrogens is 123 g/mol. The van der Waals surface area contributed by atoms with Gasteiger partial charge in [0.1, 0.15) is 0 Å². The molecule has 0 atom stereocenters. The third-order valence-electron chi connectivity index (χ3n) is 0.582. The Bertz CT molecular complexity index is 72.2. The van der Waals surface area contributed by atoms with Crippen molar-refractivity contribution in [3.8, 4) is 0 Å². The van der Waals surface area contributed by atoms with E-state index in [2.05, 4.69) is 36.9 Å². The molecular formula is C6H10V. The van der Waals surface area contributed by atoms with Crippen LogP contribution in [0.4, 0.5) is 0 Å². The molecule has 39 valence electrons. The van der Waals surface area contributed by atoms with Gasteiger partial charge in [0.2, 0.25) is 0 Å². The van der Waals surface area contributed by atoms with E-state index in [1.54, 1.807) is 0 Å². The van der Waals surface area contributed by atoms with E-state index in [1.165, 1.54) is 0 Å². The number of hydrogen-bond donors (Lipinski definition) is 0. The van der Waals surface area contributed by atoms with Gasteiger partial charge >= 0.3 is 53.6 Å². The zero-order chi connectivity index (χ0) is 5.70. The molecule has 0 heterocycles. The van der Waals surface area contributed by atoms with Crippen molar-refractivity contribution < 1.29 is 17.0 Å². The van der Waals surface area contributed by atoms with E-state index in [0.717, 1.165) is 0 Å². The Morgan fingerprint density at radius 3 is 2.14 bits per heavy atom. The Kier molecular flexibility index (Phi) is 4.48. The van der Waals surface area contributed by atoms with Crippen LogP contribution in [0.2, 0.25) is 0 Å². The Hall–Kier alpha value is 0.194. The summed E-state index contributed by atoms with van der Waals surface area (Å²) in [6.07, 6.45) is 4.20. The Morgan fingerprint density at radius 2 is 2.00 bits per heavy atom. The number of rotatable bonds is 2. The Balaban J connectivity index is 3.25. The van der Waals surface area contributed by atoms with Crippen LogP contribution in [-0.4, -0.2) is 4.73 Å². The molecule has 0 aromatic heterocycles. The van der Waals surface area contributed by atoms with Gasteiger partial charge in [-0.15, -0.1) is 0 Å². The molecule has 0 amide bonds. The van der Waals surface area contributed by atoms with Gasteiger partial charge in [-0.2, -0.15) is 0 Å². The Labute approximate surface area is 54.1 Å². The maximum atomic E-state index is 2.41. The molecule has 0 spiro atoms. The van der Waals surface area contributed by atoms with Crippen LogP contribution in [0.1, 0.15) is 13.8 Å². The zero-order valence-electron chi connectivity index (χ0n) is 4.76. The second-order valence-electron chi connectivity index (χ2n) is 1.78. The van der Waals surface area contributed by atoms with Crippen molar-refractivity contribution in [1.82, 2.24) is 0 Å². The van der Waals surface area contributed by atoms with E-state index in [9.17, 15) is 0 Å². The molecule has 0 radical (unpaired) electrons. The quantitative estimate of drug-likeness (QED) is 0.536. The summed E-state index contributed by atoms with van der Waals surface area (Å²) in [5.74, 6) is 0.681. The van der Waals surface area contributed by atoms with Crippen LogP contribution in [-0.2, 0) is 17.0 Å². The number of hydrogen-bond acceptors (Lipinski definition) is 0. The first kappa shape index (κ1) is 7.19. The summed E-state index contributed by atoms with van der Waals surface area (Å²) in [5, 5.41) is 0. The third kappa shape index (κ3) is 6.19. The third-order valence-corrected chi connectivity index (χ3v) is 0.851. The van der Waals surface area contributed by atoms with Gasteiger partial charge in [0, 0.05) is 0 Å². The summed E-state index contributed by atoms with van der Waals surface area (Å²) in [5.41, 5.74) is 0. The van der Waals surface area contributed by atoms with Crippen LogP contribution in [0, 0.1) is 5.92 Å². The summed E-state index contributed by atoms with van der Waals surface area (Å²) in [6.45, 7) is 4.32. The average molecular weight is 133 g/mol. The van der Waals surface area contributed by atoms with Crippen LogP contribution in [0.15, 0.2) is 12.2 Å². The van der Waals surface area contributed by atoms with Crippen LogP contribution in [0.3, 0.4) is 0 Å². The first-order chi connectivity index (χ1) is 3.27. The minimum atomic E-state index is 0.681. The second-order valence-corrected chi connectivity index (χ2v) is 2.24. The molecule has 0 aromatic rings. The molecule has 0 unspecified atom stereocenters. The van der Waals surface area contributed by atoms with Gasteiger partial charge in [0.15, 0.2) is 0 Å². The normalized spacial score (nSPS) is 10.6. The van der Waals surface area contributed by atoms with E-state index in [-0.39, 0.29) is 0 Å². The van der Waals surface area contributed by atoms with Crippen molar-refractivity contribution in [2.45, 2.75) is 13.8 Å². The first-order valence-corrected chi connectivity index (χ1v) is 3.22. The molecule has 0 bridgehead atoms. The van der Waals surface area contributed by atoms with E-state index < -0.39 is 0 Å². The molecule has 0 rings (SSSR count). The van der Waals surface area contributed by atoms with E-state index >= 15 is 0 Å². The minimum absolute atomic E-state index is 0.681. The van der Waals surface area contributed by atoms with Crippen LogP contribution >= 0.6 is 0 Å². The van der Waals surface area contributed by atoms with Gasteiger partial charge in [0.25, 0.3) is 0 Å². The van der Waals surface area contributed by atoms with Crippen LogP contribution in [0.25, 0.3) is 0 Å². The van der Waals surface area contributed by atoms with Gasteiger partial charge in [-0.1, -0.05) is 0 Å². The second kappa shape index (κ2) is 4.36. The fourth-order valence-electron chi connectivity index (χ4n) is 0.272. The topological polar surface area (TPSA) is 0 Å². The maximum absolute atomic E-state index is 2.41. The molecule has 0 aliphatic carbocycles. The molecule has 1 heteroatoms. The van der Waals surface area contributed by atoms with E-state index in [1.807, 2.05) is 10.8 Å². The first-order valence-electron chi connectivity index (χ1n) is 2.41. The molecule has 0 saturated heterocycles. The van der Waals surface area contributed by atoms with Crippen molar-refractivity contribution in [3.05, 3.63) is 12.2 Å². The Morgan fingerprint density at radius 1 is 1.43 bits per heavy atom. The standard InChI is InChI=1S/C6H10.V/c1-4-5-6(2)3;/h1,4-6H,2-3H3;. The molecule has 0 saturated carbocycles. The molecule has 0 nitrogen and oxygen atoms in total. The monoisotopic (exact) mass is 133 g/mol. The summed E-state index contributed by atoms with van der Waals surface area (Å²) in [7, 11) is 0. The van der Waals surface area contributed by atoms with E-state index in [4.69, 9.17) is 0 Å². The molecule has 0 aliphatic rings. The molecule has 7 heavy (non-hydrogen) atoms. The van der Waals surface area contributed by atoms with Gasteiger partial charge in [-0.05, 0) is 0 Å². The fourth-order valence-corrected chi connectivity index (χ4v) is 0.427. The van der Waals surface area contributed by atoms with Crippen molar-refractivity contribution in [3.63, 3.8) is 0 Å². The van der Waals surface area contributed by atoms with Crippen LogP contribution in [0.5, 0.6) is 0 Å². The predicted octanol–water partition coefficient (Wildman–Crippen LogP) is 1.55. The van der Waals surface area contributed by atoms with Crippen LogP contribution < -0.4 is 0 Å². The van der Waals surface area contributed by atoms with Crippen molar-refractivity contribution in [2.24, 2.45) is 5.92 Å². The average Bonchev–Trinajstić information content (AvgIpc) is 1.61. The van der Waals surface area contributed by atoms with Crippen molar-refractivity contribution in [2.75, 3.05) is 0 Å².